The molecular weight excluding hydrogens is 412 g/mol. The summed E-state index contributed by atoms with van der Waals surface area (Å²) in [5.41, 5.74) is 1.18. The lowest BCUT2D eigenvalue weighted by molar-refractivity contribution is -0.152. The van der Waals surface area contributed by atoms with E-state index < -0.39 is 11.6 Å². The lowest BCUT2D eigenvalue weighted by Gasteiger charge is -2.24. The third-order valence-electron chi connectivity index (χ3n) is 4.01. The Morgan fingerprint density at radius 3 is 2.22 bits per heavy atom. The number of carboxylic acids is 1. The zero-order valence-electron chi connectivity index (χ0n) is 15.5. The molecular formula is C21H21BrO5. The molecule has 0 fully saturated rings. The van der Waals surface area contributed by atoms with Gasteiger partial charge in [0.05, 0.1) is 5.56 Å². The number of ether oxygens (including phenoxy) is 1. The van der Waals surface area contributed by atoms with Gasteiger partial charge >= 0.3 is 5.97 Å². The number of halogens is 1. The number of carbonyl (C=O) groups excluding carboxylic acids is 1. The van der Waals surface area contributed by atoms with Gasteiger partial charge in [-0.05, 0) is 80.8 Å². The van der Waals surface area contributed by atoms with Gasteiger partial charge in [-0.1, -0.05) is 22.0 Å². The fourth-order valence-corrected chi connectivity index (χ4v) is 2.86. The normalized spacial score (nSPS) is 11.6. The second-order valence-corrected chi connectivity index (χ2v) is 7.68. The number of carbonyl (C=O) groups is 2. The van der Waals surface area contributed by atoms with E-state index in [0.29, 0.717) is 10.2 Å². The number of phenolic OH excluding ortho intramolecular Hbond substituents is 1. The van der Waals surface area contributed by atoms with E-state index in [2.05, 4.69) is 15.9 Å². The van der Waals surface area contributed by atoms with Crippen molar-refractivity contribution in [2.75, 3.05) is 0 Å². The second-order valence-electron chi connectivity index (χ2n) is 6.76. The summed E-state index contributed by atoms with van der Waals surface area (Å²) in [6.45, 7) is 6.62. The number of phenols is 1. The van der Waals surface area contributed by atoms with Gasteiger partial charge in [0.15, 0.2) is 11.4 Å². The van der Waals surface area contributed by atoms with E-state index in [0.717, 1.165) is 16.7 Å². The molecule has 0 radical (unpaired) electrons. The van der Waals surface area contributed by atoms with Crippen LogP contribution in [0, 0.1) is 13.8 Å². The van der Waals surface area contributed by atoms with Crippen molar-refractivity contribution in [3.63, 3.8) is 0 Å². The number of ketones is 1. The summed E-state index contributed by atoms with van der Waals surface area (Å²) >= 11 is 3.24. The number of carboxylic acid groups (broad SMARTS) is 1. The number of rotatable bonds is 6. The molecule has 142 valence electrons. The van der Waals surface area contributed by atoms with Crippen LogP contribution in [0.2, 0.25) is 0 Å². The topological polar surface area (TPSA) is 83.8 Å². The highest BCUT2D eigenvalue weighted by molar-refractivity contribution is 9.10. The summed E-state index contributed by atoms with van der Waals surface area (Å²) in [6, 6.07) is 8.32. The number of aryl methyl sites for hydroxylation is 2. The summed E-state index contributed by atoms with van der Waals surface area (Å²) < 4.78 is 6.36. The van der Waals surface area contributed by atoms with Crippen molar-refractivity contribution in [2.45, 2.75) is 33.3 Å². The van der Waals surface area contributed by atoms with Crippen molar-refractivity contribution in [3.05, 3.63) is 63.1 Å². The van der Waals surface area contributed by atoms with E-state index in [1.54, 1.807) is 18.2 Å². The molecule has 0 amide bonds. The molecule has 0 aliphatic rings. The van der Waals surface area contributed by atoms with E-state index in [-0.39, 0.29) is 17.1 Å². The average Bonchev–Trinajstić information content (AvgIpc) is 2.56. The second kappa shape index (κ2) is 7.96. The number of aromatic hydroxyl groups is 1. The van der Waals surface area contributed by atoms with Crippen LogP contribution in [-0.2, 0) is 4.79 Å². The molecule has 27 heavy (non-hydrogen) atoms. The fourth-order valence-electron chi connectivity index (χ4n) is 2.51. The number of hydrogen-bond donors (Lipinski definition) is 2. The van der Waals surface area contributed by atoms with Crippen molar-refractivity contribution in [3.8, 4) is 11.5 Å². The van der Waals surface area contributed by atoms with E-state index in [1.165, 1.54) is 26.0 Å². The average molecular weight is 433 g/mol. The predicted octanol–water partition coefficient (Wildman–Crippen LogP) is 4.91. The van der Waals surface area contributed by atoms with Crippen LogP contribution < -0.4 is 4.74 Å². The zero-order chi connectivity index (χ0) is 20.4. The highest BCUT2D eigenvalue weighted by Gasteiger charge is 2.30. The molecule has 0 aliphatic carbocycles. The summed E-state index contributed by atoms with van der Waals surface area (Å²) in [6.07, 6.45) is 3.04. The van der Waals surface area contributed by atoms with Gasteiger partial charge in [0.25, 0.3) is 0 Å². The Balaban J connectivity index is 2.26. The van der Waals surface area contributed by atoms with Gasteiger partial charge in [-0.2, -0.15) is 0 Å². The minimum absolute atomic E-state index is 0.0916. The molecule has 2 aromatic carbocycles. The molecule has 0 saturated carbocycles. The molecule has 2 aromatic rings. The molecule has 0 saturated heterocycles. The molecule has 6 heteroatoms. The van der Waals surface area contributed by atoms with E-state index in [1.807, 2.05) is 26.0 Å². The molecule has 5 nitrogen and oxygen atoms in total. The van der Waals surface area contributed by atoms with Crippen molar-refractivity contribution in [2.24, 2.45) is 0 Å². The van der Waals surface area contributed by atoms with Crippen LogP contribution >= 0.6 is 15.9 Å². The van der Waals surface area contributed by atoms with Crippen molar-refractivity contribution < 1.29 is 24.5 Å². The van der Waals surface area contributed by atoms with Crippen molar-refractivity contribution in [1.29, 1.82) is 0 Å². The number of aliphatic carboxylic acids is 1. The highest BCUT2D eigenvalue weighted by atomic mass is 79.9. The van der Waals surface area contributed by atoms with Crippen LogP contribution in [0.3, 0.4) is 0 Å². The number of benzene rings is 2. The monoisotopic (exact) mass is 432 g/mol. The van der Waals surface area contributed by atoms with Gasteiger partial charge in [0.1, 0.15) is 11.5 Å². The summed E-state index contributed by atoms with van der Waals surface area (Å²) in [4.78, 5) is 23.6. The lowest BCUT2D eigenvalue weighted by Crippen LogP contribution is -2.38. The van der Waals surface area contributed by atoms with Crippen LogP contribution in [0.5, 0.6) is 11.5 Å². The molecule has 0 bridgehead atoms. The molecule has 0 atom stereocenters. The molecule has 0 unspecified atom stereocenters. The van der Waals surface area contributed by atoms with Gasteiger partial charge < -0.3 is 14.9 Å². The molecule has 0 aromatic heterocycles. The largest absolute Gasteiger partial charge is 0.507 e. The molecule has 0 heterocycles. The Morgan fingerprint density at radius 1 is 1.11 bits per heavy atom. The zero-order valence-corrected chi connectivity index (χ0v) is 17.1. The molecule has 0 aliphatic heterocycles. The number of hydrogen-bond acceptors (Lipinski definition) is 4. The van der Waals surface area contributed by atoms with Crippen molar-refractivity contribution >= 4 is 33.8 Å². The summed E-state index contributed by atoms with van der Waals surface area (Å²) in [5, 5.41) is 19.1. The third kappa shape index (κ3) is 4.98. The maximum absolute atomic E-state index is 12.3. The Hall–Kier alpha value is -2.60. The first-order valence-electron chi connectivity index (χ1n) is 8.26. The quantitative estimate of drug-likeness (QED) is 0.500. The minimum atomic E-state index is -1.35. The first kappa shape index (κ1) is 20.7. The Labute approximate surface area is 166 Å². The van der Waals surface area contributed by atoms with Crippen molar-refractivity contribution in [1.82, 2.24) is 0 Å². The maximum atomic E-state index is 12.3. The summed E-state index contributed by atoms with van der Waals surface area (Å²) in [7, 11) is 0. The standard InChI is InChI=1S/C21H21BrO5/c1-12-9-14(10-13(2)19(12)27-21(3,4)20(25)26)5-8-17(23)16-7-6-15(22)11-18(16)24/h5-11,24H,1-4H3,(H,25,26)/b8-5+. The van der Waals surface area contributed by atoms with E-state index in [4.69, 9.17) is 4.74 Å². The Kier molecular flexibility index (Phi) is 6.11. The highest BCUT2D eigenvalue weighted by Crippen LogP contribution is 2.29. The van der Waals surface area contributed by atoms with E-state index in [9.17, 15) is 19.8 Å². The molecule has 2 rings (SSSR count). The van der Waals surface area contributed by atoms with Crippen LogP contribution in [0.4, 0.5) is 0 Å². The van der Waals surface area contributed by atoms with E-state index >= 15 is 0 Å². The SMILES string of the molecule is Cc1cc(/C=C/C(=O)c2ccc(Br)cc2O)cc(C)c1OC(C)(C)C(=O)O. The van der Waals surface area contributed by atoms with Crippen LogP contribution in [-0.4, -0.2) is 27.6 Å². The van der Waals surface area contributed by atoms with Gasteiger partial charge in [-0.15, -0.1) is 0 Å². The smallest absolute Gasteiger partial charge is 0.347 e. The molecule has 0 spiro atoms. The van der Waals surface area contributed by atoms with Crippen LogP contribution in [0.1, 0.15) is 40.9 Å². The fraction of sp³-hybridized carbons (Fsp3) is 0.238. The van der Waals surface area contributed by atoms with Crippen LogP contribution in [0.25, 0.3) is 6.08 Å². The Morgan fingerprint density at radius 2 is 1.70 bits per heavy atom. The first-order chi connectivity index (χ1) is 12.5. The first-order valence-corrected chi connectivity index (χ1v) is 9.05. The van der Waals surface area contributed by atoms with Gasteiger partial charge in [-0.3, -0.25) is 4.79 Å². The van der Waals surface area contributed by atoms with Gasteiger partial charge in [-0.25, -0.2) is 4.79 Å². The van der Waals surface area contributed by atoms with Gasteiger partial charge in [0, 0.05) is 4.47 Å². The third-order valence-corrected chi connectivity index (χ3v) is 4.50. The minimum Gasteiger partial charge on any atom is -0.507 e. The Bertz CT molecular complexity index is 905. The van der Waals surface area contributed by atoms with Gasteiger partial charge in [0.2, 0.25) is 0 Å². The lowest BCUT2D eigenvalue weighted by atomic mass is 10.0. The predicted molar refractivity (Wildman–Crippen MR) is 107 cm³/mol. The summed E-state index contributed by atoms with van der Waals surface area (Å²) in [5.74, 6) is -0.949. The maximum Gasteiger partial charge on any atom is 0.347 e. The van der Waals surface area contributed by atoms with Crippen LogP contribution in [0.15, 0.2) is 40.9 Å². The number of allylic oxidation sites excluding steroid dienone is 1. The molecule has 2 N–H and O–H groups in total.